The van der Waals surface area contributed by atoms with Crippen LogP contribution >= 0.6 is 22.9 Å². The molecule has 0 radical (unpaired) electrons. The molecular formula is C13H16ClN3O2S. The summed E-state index contributed by atoms with van der Waals surface area (Å²) in [7, 11) is 0. The van der Waals surface area contributed by atoms with Crippen molar-refractivity contribution in [2.75, 3.05) is 6.61 Å². The lowest BCUT2D eigenvalue weighted by atomic mass is 10.1. The van der Waals surface area contributed by atoms with Gasteiger partial charge in [-0.2, -0.15) is 0 Å². The van der Waals surface area contributed by atoms with E-state index in [9.17, 15) is 4.79 Å². The minimum atomic E-state index is -0.424. The molecule has 2 rings (SSSR count). The Morgan fingerprint density at radius 1 is 1.50 bits per heavy atom. The van der Waals surface area contributed by atoms with Crippen LogP contribution in [0.15, 0.2) is 12.1 Å². The van der Waals surface area contributed by atoms with Gasteiger partial charge in [-0.15, -0.1) is 16.4 Å². The van der Waals surface area contributed by atoms with E-state index in [4.69, 9.17) is 16.3 Å². The first-order valence-corrected chi connectivity index (χ1v) is 7.57. The lowest BCUT2D eigenvalue weighted by molar-refractivity contribution is 0.0517. The van der Waals surface area contributed by atoms with Gasteiger partial charge in [-0.25, -0.2) is 9.48 Å². The third-order valence-electron chi connectivity index (χ3n) is 2.72. The third kappa shape index (κ3) is 3.19. The van der Waals surface area contributed by atoms with Gasteiger partial charge in [-0.1, -0.05) is 30.7 Å². The van der Waals surface area contributed by atoms with Crippen molar-refractivity contribution >= 4 is 28.9 Å². The Hall–Kier alpha value is -1.40. The maximum absolute atomic E-state index is 11.9. The Morgan fingerprint density at radius 3 is 2.80 bits per heavy atom. The van der Waals surface area contributed by atoms with Gasteiger partial charge in [0.15, 0.2) is 5.69 Å². The summed E-state index contributed by atoms with van der Waals surface area (Å²) >= 11 is 7.42. The van der Waals surface area contributed by atoms with E-state index in [2.05, 4.69) is 10.3 Å². The summed E-state index contributed by atoms with van der Waals surface area (Å²) < 4.78 is 7.48. The molecule has 2 aromatic heterocycles. The number of halogens is 1. The molecule has 0 aromatic carbocycles. The molecule has 0 spiro atoms. The van der Waals surface area contributed by atoms with E-state index in [0.29, 0.717) is 18.8 Å². The number of rotatable bonds is 5. The molecule has 2 heterocycles. The van der Waals surface area contributed by atoms with Crippen LogP contribution in [0.3, 0.4) is 0 Å². The summed E-state index contributed by atoms with van der Waals surface area (Å²) in [6.45, 7) is 6.64. The molecule has 20 heavy (non-hydrogen) atoms. The Bertz CT molecular complexity index is 607. The second kappa shape index (κ2) is 6.37. The first kappa shape index (κ1) is 15.0. The number of hydrogen-bond acceptors (Lipinski definition) is 5. The van der Waals surface area contributed by atoms with Gasteiger partial charge in [0.25, 0.3) is 0 Å². The average molecular weight is 314 g/mol. The molecule has 0 aliphatic rings. The van der Waals surface area contributed by atoms with Crippen molar-refractivity contribution in [3.05, 3.63) is 32.7 Å². The zero-order valence-electron chi connectivity index (χ0n) is 11.6. The predicted molar refractivity (Wildman–Crippen MR) is 78.5 cm³/mol. The molecule has 7 heteroatoms. The molecule has 0 saturated carbocycles. The van der Waals surface area contributed by atoms with Gasteiger partial charge in [-0.3, -0.25) is 0 Å². The summed E-state index contributed by atoms with van der Waals surface area (Å²) in [5, 5.41) is 8.04. The predicted octanol–water partition coefficient (Wildman–Crippen LogP) is 3.34. The number of carbonyl (C=O) groups excluding carboxylic acids is 1. The Kier molecular flexibility index (Phi) is 4.77. The maximum atomic E-state index is 11.9. The normalized spacial score (nSPS) is 11.1. The van der Waals surface area contributed by atoms with Crippen molar-refractivity contribution in [1.82, 2.24) is 15.0 Å². The first-order chi connectivity index (χ1) is 9.52. The standard InChI is InChI=1S/C13H16ClN3O2S/c1-4-19-13(18)11-12(8(2)3)17(16-15-11)7-9-5-6-10(14)20-9/h5-6,8H,4,7H2,1-3H3. The second-order valence-corrected chi connectivity index (χ2v) is 6.36. The number of ether oxygens (including phenoxy) is 1. The fraction of sp³-hybridized carbons (Fsp3) is 0.462. The minimum Gasteiger partial charge on any atom is -0.461 e. The molecule has 5 nitrogen and oxygen atoms in total. The zero-order chi connectivity index (χ0) is 14.7. The molecule has 0 unspecified atom stereocenters. The third-order valence-corrected chi connectivity index (χ3v) is 3.94. The second-order valence-electron chi connectivity index (χ2n) is 4.56. The number of aromatic nitrogens is 3. The molecule has 0 bridgehead atoms. The summed E-state index contributed by atoms with van der Waals surface area (Å²) in [5.41, 5.74) is 1.08. The summed E-state index contributed by atoms with van der Waals surface area (Å²) in [5.74, 6) is -0.300. The molecule has 0 fully saturated rings. The smallest absolute Gasteiger partial charge is 0.360 e. The van der Waals surface area contributed by atoms with Gasteiger partial charge in [0.1, 0.15) is 0 Å². The highest BCUT2D eigenvalue weighted by Crippen LogP contribution is 2.24. The summed E-state index contributed by atoms with van der Waals surface area (Å²) in [4.78, 5) is 13.0. The number of carbonyl (C=O) groups is 1. The van der Waals surface area contributed by atoms with Gasteiger partial charge < -0.3 is 4.74 Å². The van der Waals surface area contributed by atoms with Crippen LogP contribution in [0.5, 0.6) is 0 Å². The lowest BCUT2D eigenvalue weighted by Crippen LogP contribution is -2.12. The van der Waals surface area contributed by atoms with Crippen molar-refractivity contribution < 1.29 is 9.53 Å². The SMILES string of the molecule is CCOC(=O)c1nnn(Cc2ccc(Cl)s2)c1C(C)C. The van der Waals surface area contributed by atoms with Gasteiger partial charge in [0, 0.05) is 4.88 Å². The Labute approximate surface area is 126 Å². The molecular weight excluding hydrogens is 298 g/mol. The van der Waals surface area contributed by atoms with Crippen LogP contribution in [0.1, 0.15) is 47.7 Å². The van der Waals surface area contributed by atoms with E-state index in [1.54, 1.807) is 11.6 Å². The van der Waals surface area contributed by atoms with Crippen molar-refractivity contribution in [3.63, 3.8) is 0 Å². The van der Waals surface area contributed by atoms with E-state index >= 15 is 0 Å². The van der Waals surface area contributed by atoms with E-state index in [1.807, 2.05) is 26.0 Å². The van der Waals surface area contributed by atoms with Gasteiger partial charge >= 0.3 is 5.97 Å². The highest BCUT2D eigenvalue weighted by Gasteiger charge is 2.23. The molecule has 2 aromatic rings. The molecule has 0 saturated heterocycles. The lowest BCUT2D eigenvalue weighted by Gasteiger charge is -2.09. The van der Waals surface area contributed by atoms with E-state index in [1.165, 1.54) is 11.3 Å². The van der Waals surface area contributed by atoms with Gasteiger partial charge in [0.05, 0.1) is 23.2 Å². The molecule has 0 N–H and O–H groups in total. The molecule has 0 amide bonds. The van der Waals surface area contributed by atoms with E-state index in [-0.39, 0.29) is 5.92 Å². The van der Waals surface area contributed by atoms with Crippen LogP contribution in [-0.4, -0.2) is 27.6 Å². The van der Waals surface area contributed by atoms with Crippen LogP contribution in [0.2, 0.25) is 4.34 Å². The molecule has 0 atom stereocenters. The molecule has 0 aliphatic carbocycles. The Balaban J connectivity index is 2.31. The van der Waals surface area contributed by atoms with Crippen molar-refractivity contribution in [1.29, 1.82) is 0 Å². The number of nitrogens with zero attached hydrogens (tertiary/aromatic N) is 3. The monoisotopic (exact) mass is 313 g/mol. The van der Waals surface area contributed by atoms with Gasteiger partial charge in [0.2, 0.25) is 0 Å². The van der Waals surface area contributed by atoms with E-state index in [0.717, 1.165) is 14.9 Å². The summed E-state index contributed by atoms with van der Waals surface area (Å²) in [6.07, 6.45) is 0. The van der Waals surface area contributed by atoms with E-state index < -0.39 is 5.97 Å². The highest BCUT2D eigenvalue weighted by molar-refractivity contribution is 7.16. The average Bonchev–Trinajstić information content (AvgIpc) is 2.96. The van der Waals surface area contributed by atoms with Crippen LogP contribution in [0, 0.1) is 0 Å². The van der Waals surface area contributed by atoms with Crippen molar-refractivity contribution in [3.8, 4) is 0 Å². The van der Waals surface area contributed by atoms with Crippen molar-refractivity contribution in [2.24, 2.45) is 0 Å². The van der Waals surface area contributed by atoms with Crippen LogP contribution < -0.4 is 0 Å². The maximum Gasteiger partial charge on any atom is 0.360 e. The molecule has 108 valence electrons. The topological polar surface area (TPSA) is 57.0 Å². The van der Waals surface area contributed by atoms with Crippen LogP contribution in [0.4, 0.5) is 0 Å². The molecule has 0 aliphatic heterocycles. The minimum absolute atomic E-state index is 0.125. The quantitative estimate of drug-likeness (QED) is 0.794. The number of thiophene rings is 1. The fourth-order valence-corrected chi connectivity index (χ4v) is 3.01. The largest absolute Gasteiger partial charge is 0.461 e. The number of esters is 1. The van der Waals surface area contributed by atoms with Crippen LogP contribution in [-0.2, 0) is 11.3 Å². The highest BCUT2D eigenvalue weighted by atomic mass is 35.5. The number of hydrogen-bond donors (Lipinski definition) is 0. The van der Waals surface area contributed by atoms with Crippen LogP contribution in [0.25, 0.3) is 0 Å². The summed E-state index contributed by atoms with van der Waals surface area (Å²) in [6, 6.07) is 3.79. The zero-order valence-corrected chi connectivity index (χ0v) is 13.2. The fourth-order valence-electron chi connectivity index (χ4n) is 1.94. The van der Waals surface area contributed by atoms with Gasteiger partial charge in [-0.05, 0) is 25.0 Å². The Morgan fingerprint density at radius 2 is 2.25 bits per heavy atom. The first-order valence-electron chi connectivity index (χ1n) is 6.37. The van der Waals surface area contributed by atoms with Crippen molar-refractivity contribution in [2.45, 2.75) is 33.2 Å².